The summed E-state index contributed by atoms with van der Waals surface area (Å²) in [6.07, 6.45) is -7.51. The molecule has 19 heavy (non-hydrogen) atoms. The summed E-state index contributed by atoms with van der Waals surface area (Å²) in [5.41, 5.74) is -1.51. The van der Waals surface area contributed by atoms with E-state index in [0.29, 0.717) is 0 Å². The third-order valence-corrected chi connectivity index (χ3v) is 2.20. The molecule has 1 unspecified atom stereocenters. The summed E-state index contributed by atoms with van der Waals surface area (Å²) in [5, 5.41) is 9.11. The number of aliphatic hydroxyl groups excluding tert-OH is 1. The third-order valence-electron chi connectivity index (χ3n) is 2.20. The molecule has 108 valence electrons. The molecule has 0 spiro atoms. The van der Waals surface area contributed by atoms with Crippen molar-refractivity contribution in [1.29, 1.82) is 0 Å². The van der Waals surface area contributed by atoms with Gasteiger partial charge in [0.25, 0.3) is 0 Å². The first kappa shape index (κ1) is 15.5. The normalized spacial score (nSPS) is 14.3. The van der Waals surface area contributed by atoms with Gasteiger partial charge in [0.15, 0.2) is 6.10 Å². The van der Waals surface area contributed by atoms with Gasteiger partial charge < -0.3 is 9.84 Å². The first-order valence-corrected chi connectivity index (χ1v) is 5.45. The van der Waals surface area contributed by atoms with Gasteiger partial charge in [-0.2, -0.15) is 13.2 Å². The number of alkyl halides is 3. The number of hydrogen-bond donors (Lipinski definition) is 1. The average molecular weight is 280 g/mol. The highest BCUT2D eigenvalue weighted by Gasteiger charge is 2.42. The Morgan fingerprint density at radius 2 is 1.95 bits per heavy atom. The van der Waals surface area contributed by atoms with E-state index in [2.05, 4.69) is 4.98 Å². The number of hydrogen-bond acceptors (Lipinski definition) is 4. The van der Waals surface area contributed by atoms with Gasteiger partial charge in [-0.25, -0.2) is 14.3 Å². The predicted octanol–water partition coefficient (Wildman–Crippen LogP) is 2.57. The summed E-state index contributed by atoms with van der Waals surface area (Å²) in [7, 11) is 0. The first-order valence-electron chi connectivity index (χ1n) is 5.45. The molecule has 1 rings (SSSR count). The van der Waals surface area contributed by atoms with Crippen molar-refractivity contribution >= 4 is 6.09 Å². The van der Waals surface area contributed by atoms with Gasteiger partial charge in [-0.15, -0.1) is 0 Å². The van der Waals surface area contributed by atoms with Crippen molar-refractivity contribution in [2.24, 2.45) is 0 Å². The van der Waals surface area contributed by atoms with Crippen molar-refractivity contribution in [3.63, 3.8) is 0 Å². The molecule has 0 aliphatic rings. The molecule has 1 N–H and O–H groups in total. The summed E-state index contributed by atoms with van der Waals surface area (Å²) < 4.78 is 43.0. The standard InChI is InChI=1S/C11H15F3N2O3/c1-6-7(8(17)11(12,13)14)15-5-16(6)9(18)19-10(2,3)4/h5,8,17H,1-4H3. The van der Waals surface area contributed by atoms with Gasteiger partial charge >= 0.3 is 12.3 Å². The van der Waals surface area contributed by atoms with E-state index in [1.807, 2.05) is 0 Å². The fourth-order valence-corrected chi connectivity index (χ4v) is 1.34. The van der Waals surface area contributed by atoms with Crippen LogP contribution in [0.2, 0.25) is 0 Å². The number of carbonyl (C=O) groups excluding carboxylic acids is 1. The predicted molar refractivity (Wildman–Crippen MR) is 59.6 cm³/mol. The van der Waals surface area contributed by atoms with Crippen LogP contribution in [-0.2, 0) is 4.74 Å². The lowest BCUT2D eigenvalue weighted by Gasteiger charge is -2.20. The van der Waals surface area contributed by atoms with Gasteiger partial charge in [0, 0.05) is 0 Å². The highest BCUT2D eigenvalue weighted by atomic mass is 19.4. The Bertz CT molecular complexity index is 475. The molecular formula is C11H15F3N2O3. The Morgan fingerprint density at radius 1 is 1.42 bits per heavy atom. The maximum atomic E-state index is 12.4. The van der Waals surface area contributed by atoms with Crippen molar-refractivity contribution < 1.29 is 27.8 Å². The number of aromatic nitrogens is 2. The van der Waals surface area contributed by atoms with Crippen LogP contribution in [0.5, 0.6) is 0 Å². The summed E-state index contributed by atoms with van der Waals surface area (Å²) in [6, 6.07) is 0. The van der Waals surface area contributed by atoms with E-state index in [1.165, 1.54) is 6.92 Å². The van der Waals surface area contributed by atoms with E-state index in [0.717, 1.165) is 10.9 Å². The van der Waals surface area contributed by atoms with Gasteiger partial charge in [-0.1, -0.05) is 0 Å². The molecule has 0 bridgehead atoms. The zero-order valence-electron chi connectivity index (χ0n) is 10.9. The van der Waals surface area contributed by atoms with Crippen molar-refractivity contribution in [2.75, 3.05) is 0 Å². The summed E-state index contributed by atoms with van der Waals surface area (Å²) in [5.74, 6) is 0. The second-order valence-electron chi connectivity index (χ2n) is 5.01. The molecule has 8 heteroatoms. The molecule has 0 radical (unpaired) electrons. The molecular weight excluding hydrogens is 265 g/mol. The van der Waals surface area contributed by atoms with Crippen LogP contribution in [-0.4, -0.2) is 32.5 Å². The minimum atomic E-state index is -4.84. The lowest BCUT2D eigenvalue weighted by molar-refractivity contribution is -0.208. The largest absolute Gasteiger partial charge is 0.443 e. The number of aliphatic hydroxyl groups is 1. The van der Waals surface area contributed by atoms with Crippen LogP contribution in [0.15, 0.2) is 6.33 Å². The monoisotopic (exact) mass is 280 g/mol. The number of ether oxygens (including phenoxy) is 1. The van der Waals surface area contributed by atoms with E-state index < -0.39 is 29.7 Å². The fourth-order valence-electron chi connectivity index (χ4n) is 1.34. The lowest BCUT2D eigenvalue weighted by atomic mass is 10.2. The van der Waals surface area contributed by atoms with Crippen molar-refractivity contribution in [2.45, 2.75) is 45.6 Å². The number of carbonyl (C=O) groups is 1. The third kappa shape index (κ3) is 3.69. The summed E-state index contributed by atoms with van der Waals surface area (Å²) in [6.45, 7) is 6.13. The van der Waals surface area contributed by atoms with E-state index in [4.69, 9.17) is 9.84 Å². The SMILES string of the molecule is Cc1c(C(O)C(F)(F)F)ncn1C(=O)OC(C)(C)C. The van der Waals surface area contributed by atoms with Crippen molar-refractivity contribution in [1.82, 2.24) is 9.55 Å². The minimum Gasteiger partial charge on any atom is -0.443 e. The fraction of sp³-hybridized carbons (Fsp3) is 0.636. The van der Waals surface area contributed by atoms with Crippen LogP contribution in [0, 0.1) is 6.92 Å². The molecule has 1 heterocycles. The molecule has 0 fully saturated rings. The number of imidazole rings is 1. The Balaban J connectivity index is 3.03. The van der Waals surface area contributed by atoms with Crippen LogP contribution in [0.4, 0.5) is 18.0 Å². The Hall–Kier alpha value is -1.57. The van der Waals surface area contributed by atoms with E-state index in [9.17, 15) is 18.0 Å². The van der Waals surface area contributed by atoms with Crippen LogP contribution in [0.3, 0.4) is 0 Å². The zero-order valence-corrected chi connectivity index (χ0v) is 10.9. The molecule has 5 nitrogen and oxygen atoms in total. The number of rotatable bonds is 1. The van der Waals surface area contributed by atoms with Crippen molar-refractivity contribution in [3.8, 4) is 0 Å². The molecule has 1 atom stereocenters. The quantitative estimate of drug-likeness (QED) is 0.858. The highest BCUT2D eigenvalue weighted by molar-refractivity contribution is 5.71. The minimum absolute atomic E-state index is 0.112. The van der Waals surface area contributed by atoms with Crippen LogP contribution in [0.25, 0.3) is 0 Å². The molecule has 0 saturated carbocycles. The Kier molecular flexibility index (Phi) is 3.94. The molecule has 0 saturated heterocycles. The van der Waals surface area contributed by atoms with Crippen LogP contribution in [0.1, 0.15) is 38.3 Å². The maximum absolute atomic E-state index is 12.4. The Morgan fingerprint density at radius 3 is 2.37 bits per heavy atom. The van der Waals surface area contributed by atoms with Gasteiger partial charge in [0.1, 0.15) is 11.9 Å². The maximum Gasteiger partial charge on any atom is 0.420 e. The van der Waals surface area contributed by atoms with Crippen molar-refractivity contribution in [3.05, 3.63) is 17.7 Å². The number of halogens is 3. The van der Waals surface area contributed by atoms with E-state index in [1.54, 1.807) is 20.8 Å². The topological polar surface area (TPSA) is 64.4 Å². The summed E-state index contributed by atoms with van der Waals surface area (Å²) in [4.78, 5) is 15.1. The second kappa shape index (κ2) is 4.84. The molecule has 0 aromatic carbocycles. The van der Waals surface area contributed by atoms with E-state index >= 15 is 0 Å². The molecule has 1 aromatic rings. The summed E-state index contributed by atoms with van der Waals surface area (Å²) >= 11 is 0. The van der Waals surface area contributed by atoms with Gasteiger partial charge in [-0.3, -0.25) is 0 Å². The molecule has 0 aliphatic carbocycles. The van der Waals surface area contributed by atoms with Crippen LogP contribution < -0.4 is 0 Å². The number of nitrogens with zero attached hydrogens (tertiary/aromatic N) is 2. The van der Waals surface area contributed by atoms with Gasteiger partial charge in [0.2, 0.25) is 0 Å². The smallest absolute Gasteiger partial charge is 0.420 e. The molecule has 0 amide bonds. The highest BCUT2D eigenvalue weighted by Crippen LogP contribution is 2.33. The molecule has 0 aliphatic heterocycles. The van der Waals surface area contributed by atoms with Crippen LogP contribution >= 0.6 is 0 Å². The zero-order chi connectivity index (χ0) is 15.0. The average Bonchev–Trinajstić information content (AvgIpc) is 2.54. The van der Waals surface area contributed by atoms with Gasteiger partial charge in [-0.05, 0) is 27.7 Å². The van der Waals surface area contributed by atoms with E-state index in [-0.39, 0.29) is 5.69 Å². The van der Waals surface area contributed by atoms with Gasteiger partial charge in [0.05, 0.1) is 11.4 Å². The lowest BCUT2D eigenvalue weighted by Crippen LogP contribution is -2.27. The first-order chi connectivity index (χ1) is 8.43. The Labute approximate surface area is 108 Å². The second-order valence-corrected chi connectivity index (χ2v) is 5.01. The molecule has 1 aromatic heterocycles.